The summed E-state index contributed by atoms with van der Waals surface area (Å²) in [5.41, 5.74) is 0.837. The standard InChI is InChI=1S/C11H18O2/c1-13-9-11(8-12)10-6-4-2-3-5-7-10/h8-10H,2-7H2,1H3/b11-9-. The summed E-state index contributed by atoms with van der Waals surface area (Å²) < 4.78 is 4.90. The fourth-order valence-electron chi connectivity index (χ4n) is 1.97. The fourth-order valence-corrected chi connectivity index (χ4v) is 1.97. The zero-order chi connectivity index (χ0) is 9.52. The highest BCUT2D eigenvalue weighted by Gasteiger charge is 2.16. The van der Waals surface area contributed by atoms with E-state index in [9.17, 15) is 4.79 Å². The van der Waals surface area contributed by atoms with Gasteiger partial charge in [-0.3, -0.25) is 4.79 Å². The van der Waals surface area contributed by atoms with Gasteiger partial charge in [0.15, 0.2) is 0 Å². The fraction of sp³-hybridized carbons (Fsp3) is 0.727. The van der Waals surface area contributed by atoms with Crippen molar-refractivity contribution in [2.75, 3.05) is 7.11 Å². The molecule has 1 aliphatic carbocycles. The van der Waals surface area contributed by atoms with E-state index in [0.29, 0.717) is 5.92 Å². The monoisotopic (exact) mass is 182 g/mol. The Balaban J connectivity index is 2.55. The molecule has 0 aromatic rings. The Morgan fingerprint density at radius 1 is 1.23 bits per heavy atom. The van der Waals surface area contributed by atoms with Gasteiger partial charge in [0.05, 0.1) is 13.4 Å². The minimum Gasteiger partial charge on any atom is -0.504 e. The zero-order valence-electron chi connectivity index (χ0n) is 8.29. The van der Waals surface area contributed by atoms with Crippen LogP contribution in [0.1, 0.15) is 38.5 Å². The Morgan fingerprint density at radius 2 is 1.85 bits per heavy atom. The second-order valence-corrected chi connectivity index (χ2v) is 3.66. The lowest BCUT2D eigenvalue weighted by Gasteiger charge is -2.12. The average molecular weight is 182 g/mol. The number of hydrogen-bond donors (Lipinski definition) is 0. The van der Waals surface area contributed by atoms with Gasteiger partial charge in [0.2, 0.25) is 0 Å². The van der Waals surface area contributed by atoms with E-state index in [1.807, 2.05) is 0 Å². The van der Waals surface area contributed by atoms with Crippen LogP contribution in [-0.4, -0.2) is 13.4 Å². The average Bonchev–Trinajstić information content (AvgIpc) is 2.42. The van der Waals surface area contributed by atoms with Crippen molar-refractivity contribution in [2.45, 2.75) is 38.5 Å². The Bertz CT molecular complexity index is 177. The molecule has 0 heterocycles. The molecule has 13 heavy (non-hydrogen) atoms. The number of ether oxygens (including phenoxy) is 1. The van der Waals surface area contributed by atoms with Crippen LogP contribution in [0.15, 0.2) is 11.8 Å². The van der Waals surface area contributed by atoms with Gasteiger partial charge < -0.3 is 4.74 Å². The summed E-state index contributed by atoms with van der Waals surface area (Å²) in [4.78, 5) is 10.8. The number of methoxy groups -OCH3 is 1. The molecule has 0 aromatic heterocycles. The summed E-state index contributed by atoms with van der Waals surface area (Å²) in [5, 5.41) is 0. The highest BCUT2D eigenvalue weighted by Crippen LogP contribution is 2.27. The molecule has 1 aliphatic rings. The lowest BCUT2D eigenvalue weighted by molar-refractivity contribution is -0.105. The maximum atomic E-state index is 10.8. The molecule has 2 nitrogen and oxygen atoms in total. The molecule has 2 heteroatoms. The Morgan fingerprint density at radius 3 is 2.31 bits per heavy atom. The van der Waals surface area contributed by atoms with Gasteiger partial charge in [0.1, 0.15) is 6.29 Å². The van der Waals surface area contributed by atoms with Crippen LogP contribution in [0.25, 0.3) is 0 Å². The first kappa shape index (κ1) is 10.3. The molecule has 0 aliphatic heterocycles. The molecule has 74 valence electrons. The van der Waals surface area contributed by atoms with Crippen LogP contribution in [0.3, 0.4) is 0 Å². The summed E-state index contributed by atoms with van der Waals surface area (Å²) in [6.45, 7) is 0. The summed E-state index contributed by atoms with van der Waals surface area (Å²) in [6.07, 6.45) is 9.97. The van der Waals surface area contributed by atoms with E-state index < -0.39 is 0 Å². The van der Waals surface area contributed by atoms with E-state index in [-0.39, 0.29) is 0 Å². The molecular weight excluding hydrogens is 164 g/mol. The second-order valence-electron chi connectivity index (χ2n) is 3.66. The smallest absolute Gasteiger partial charge is 0.149 e. The van der Waals surface area contributed by atoms with Crippen molar-refractivity contribution >= 4 is 6.29 Å². The Kier molecular flexibility index (Phi) is 4.58. The number of hydrogen-bond acceptors (Lipinski definition) is 2. The van der Waals surface area contributed by atoms with Crippen molar-refractivity contribution in [2.24, 2.45) is 5.92 Å². The maximum absolute atomic E-state index is 10.8. The molecular formula is C11H18O2. The highest BCUT2D eigenvalue weighted by molar-refractivity contribution is 5.73. The highest BCUT2D eigenvalue weighted by atomic mass is 16.5. The van der Waals surface area contributed by atoms with Crippen LogP contribution in [0.2, 0.25) is 0 Å². The van der Waals surface area contributed by atoms with Gasteiger partial charge in [-0.1, -0.05) is 25.7 Å². The third-order valence-electron chi connectivity index (χ3n) is 2.72. The van der Waals surface area contributed by atoms with Crippen LogP contribution in [0.5, 0.6) is 0 Å². The first-order chi connectivity index (χ1) is 6.38. The number of allylic oxidation sites excluding steroid dienone is 1. The van der Waals surface area contributed by atoms with Crippen molar-refractivity contribution in [1.29, 1.82) is 0 Å². The van der Waals surface area contributed by atoms with E-state index in [1.165, 1.54) is 25.7 Å². The molecule has 1 saturated carbocycles. The third kappa shape index (κ3) is 3.21. The predicted octanol–water partition coefficient (Wildman–Crippen LogP) is 2.69. The Hall–Kier alpha value is -0.790. The quantitative estimate of drug-likeness (QED) is 0.290. The zero-order valence-corrected chi connectivity index (χ0v) is 8.29. The Labute approximate surface area is 80.0 Å². The van der Waals surface area contributed by atoms with E-state index in [2.05, 4.69) is 0 Å². The van der Waals surface area contributed by atoms with Crippen LogP contribution in [0.4, 0.5) is 0 Å². The first-order valence-electron chi connectivity index (χ1n) is 5.06. The van der Waals surface area contributed by atoms with E-state index in [0.717, 1.165) is 24.7 Å². The van der Waals surface area contributed by atoms with Crippen LogP contribution < -0.4 is 0 Å². The molecule has 0 N–H and O–H groups in total. The SMILES string of the molecule is CO/C=C(/C=O)C1CCCCCC1. The van der Waals surface area contributed by atoms with Gasteiger partial charge in [-0.15, -0.1) is 0 Å². The second kappa shape index (κ2) is 5.79. The van der Waals surface area contributed by atoms with Crippen LogP contribution >= 0.6 is 0 Å². The van der Waals surface area contributed by atoms with E-state index in [1.54, 1.807) is 13.4 Å². The van der Waals surface area contributed by atoms with Gasteiger partial charge in [0, 0.05) is 5.57 Å². The summed E-state index contributed by atoms with van der Waals surface area (Å²) in [7, 11) is 1.60. The molecule has 0 spiro atoms. The maximum Gasteiger partial charge on any atom is 0.149 e. The molecule has 0 saturated heterocycles. The number of carbonyl (C=O) groups excluding carboxylic acids is 1. The van der Waals surface area contributed by atoms with Gasteiger partial charge in [-0.05, 0) is 18.8 Å². The summed E-state index contributed by atoms with van der Waals surface area (Å²) >= 11 is 0. The third-order valence-corrected chi connectivity index (χ3v) is 2.72. The van der Waals surface area contributed by atoms with Crippen molar-refractivity contribution in [1.82, 2.24) is 0 Å². The summed E-state index contributed by atoms with van der Waals surface area (Å²) in [5.74, 6) is 0.444. The van der Waals surface area contributed by atoms with Gasteiger partial charge in [0.25, 0.3) is 0 Å². The van der Waals surface area contributed by atoms with Crippen molar-refractivity contribution in [3.8, 4) is 0 Å². The lowest BCUT2D eigenvalue weighted by atomic mass is 9.93. The predicted molar refractivity (Wildman–Crippen MR) is 52.3 cm³/mol. The molecule has 0 aromatic carbocycles. The van der Waals surface area contributed by atoms with E-state index >= 15 is 0 Å². The van der Waals surface area contributed by atoms with Crippen LogP contribution in [0, 0.1) is 5.92 Å². The van der Waals surface area contributed by atoms with Gasteiger partial charge >= 0.3 is 0 Å². The molecule has 0 bridgehead atoms. The minimum atomic E-state index is 0.444. The van der Waals surface area contributed by atoms with Crippen molar-refractivity contribution in [3.05, 3.63) is 11.8 Å². The number of rotatable bonds is 3. The first-order valence-corrected chi connectivity index (χ1v) is 5.06. The largest absolute Gasteiger partial charge is 0.504 e. The normalized spacial score (nSPS) is 20.8. The van der Waals surface area contributed by atoms with Gasteiger partial charge in [-0.25, -0.2) is 0 Å². The molecule has 0 atom stereocenters. The molecule has 0 unspecified atom stereocenters. The number of carbonyl (C=O) groups is 1. The minimum absolute atomic E-state index is 0.444. The summed E-state index contributed by atoms with van der Waals surface area (Å²) in [6, 6.07) is 0. The van der Waals surface area contributed by atoms with Crippen LogP contribution in [-0.2, 0) is 9.53 Å². The molecule has 0 amide bonds. The topological polar surface area (TPSA) is 26.3 Å². The molecule has 1 fully saturated rings. The lowest BCUT2D eigenvalue weighted by Crippen LogP contribution is -2.04. The van der Waals surface area contributed by atoms with Crippen molar-refractivity contribution in [3.63, 3.8) is 0 Å². The number of aldehydes is 1. The van der Waals surface area contributed by atoms with Crippen molar-refractivity contribution < 1.29 is 9.53 Å². The van der Waals surface area contributed by atoms with Gasteiger partial charge in [-0.2, -0.15) is 0 Å². The molecule has 0 radical (unpaired) electrons. The van der Waals surface area contributed by atoms with E-state index in [4.69, 9.17) is 4.74 Å². The molecule has 1 rings (SSSR count).